The molecule has 0 saturated heterocycles. The molecule has 0 aliphatic carbocycles. The third-order valence-electron chi connectivity index (χ3n) is 3.31. The van der Waals surface area contributed by atoms with Gasteiger partial charge in [-0.1, -0.05) is 11.6 Å². The van der Waals surface area contributed by atoms with Crippen molar-refractivity contribution in [3.05, 3.63) is 47.0 Å². The van der Waals surface area contributed by atoms with Crippen molar-refractivity contribution < 1.29 is 32.2 Å². The molecule has 5 nitrogen and oxygen atoms in total. The van der Waals surface area contributed by atoms with Crippen LogP contribution in [0.4, 0.5) is 18.9 Å². The van der Waals surface area contributed by atoms with Crippen LogP contribution in [0.5, 0.6) is 17.2 Å². The van der Waals surface area contributed by atoms with Crippen molar-refractivity contribution in [3.8, 4) is 17.2 Å². The summed E-state index contributed by atoms with van der Waals surface area (Å²) in [5.41, 5.74) is 0.242. The van der Waals surface area contributed by atoms with E-state index in [0.29, 0.717) is 18.1 Å². The lowest BCUT2D eigenvalue weighted by atomic mass is 10.1. The molecular formula is C18H17ClF3NO4. The fourth-order valence-electron chi connectivity index (χ4n) is 2.17. The number of nitrogens with one attached hydrogen (secondary N) is 1. The van der Waals surface area contributed by atoms with Gasteiger partial charge in [0.2, 0.25) is 0 Å². The van der Waals surface area contributed by atoms with Gasteiger partial charge in [0.15, 0.2) is 18.1 Å². The Hall–Kier alpha value is -2.61. The van der Waals surface area contributed by atoms with Gasteiger partial charge in [-0.25, -0.2) is 0 Å². The zero-order chi connectivity index (χ0) is 20.0. The number of anilines is 1. The molecule has 1 N–H and O–H groups in total. The first kappa shape index (κ1) is 20.7. The molecule has 146 valence electrons. The number of rotatable bonds is 7. The molecule has 2 rings (SSSR count). The Bertz CT molecular complexity index is 812. The molecule has 0 bridgehead atoms. The van der Waals surface area contributed by atoms with Gasteiger partial charge in [0, 0.05) is 10.6 Å². The molecule has 0 aromatic heterocycles. The van der Waals surface area contributed by atoms with Gasteiger partial charge in [-0.15, -0.1) is 0 Å². The van der Waals surface area contributed by atoms with E-state index in [2.05, 4.69) is 5.32 Å². The van der Waals surface area contributed by atoms with Crippen molar-refractivity contribution in [3.63, 3.8) is 0 Å². The average molecular weight is 404 g/mol. The average Bonchev–Trinajstić information content (AvgIpc) is 2.60. The van der Waals surface area contributed by atoms with Crippen LogP contribution in [0, 0.1) is 0 Å². The van der Waals surface area contributed by atoms with E-state index in [1.807, 2.05) is 0 Å². The maximum atomic E-state index is 12.5. The minimum atomic E-state index is -4.51. The summed E-state index contributed by atoms with van der Waals surface area (Å²) in [6.07, 6.45) is -4.51. The molecule has 2 aromatic carbocycles. The summed E-state index contributed by atoms with van der Waals surface area (Å²) in [5.74, 6) is 0.0963. The molecule has 0 saturated carbocycles. The summed E-state index contributed by atoms with van der Waals surface area (Å²) in [7, 11) is 1.47. The van der Waals surface area contributed by atoms with E-state index in [1.165, 1.54) is 37.4 Å². The minimum absolute atomic E-state index is 0.0190. The number of carbonyl (C=O) groups is 1. The van der Waals surface area contributed by atoms with Gasteiger partial charge in [0.1, 0.15) is 5.75 Å². The summed E-state index contributed by atoms with van der Waals surface area (Å²) in [6, 6.07) is 8.44. The highest BCUT2D eigenvalue weighted by molar-refractivity contribution is 6.31. The van der Waals surface area contributed by atoms with E-state index in [9.17, 15) is 18.0 Å². The summed E-state index contributed by atoms with van der Waals surface area (Å²) >= 11 is 5.88. The number of hydrogen-bond donors (Lipinski definition) is 1. The first-order chi connectivity index (χ1) is 12.7. The Kier molecular flexibility index (Phi) is 6.79. The fourth-order valence-corrected chi connectivity index (χ4v) is 2.34. The molecule has 0 atom stereocenters. The van der Waals surface area contributed by atoms with Crippen molar-refractivity contribution in [2.24, 2.45) is 0 Å². The SMILES string of the molecule is CCOc1cc(C(=O)Nc2cc(Cl)ccc2OCC(F)(F)F)ccc1OC. The second-order valence-corrected chi connectivity index (χ2v) is 5.73. The predicted molar refractivity (Wildman–Crippen MR) is 95.1 cm³/mol. The summed E-state index contributed by atoms with van der Waals surface area (Å²) < 4.78 is 52.5. The number of carbonyl (C=O) groups excluding carboxylic acids is 1. The maximum Gasteiger partial charge on any atom is 0.422 e. The smallest absolute Gasteiger partial charge is 0.422 e. The van der Waals surface area contributed by atoms with E-state index in [-0.39, 0.29) is 22.0 Å². The molecule has 0 heterocycles. The highest BCUT2D eigenvalue weighted by Gasteiger charge is 2.29. The number of halogens is 4. The van der Waals surface area contributed by atoms with Crippen LogP contribution in [0.15, 0.2) is 36.4 Å². The van der Waals surface area contributed by atoms with Gasteiger partial charge in [-0.05, 0) is 43.3 Å². The van der Waals surface area contributed by atoms with Crippen molar-refractivity contribution in [2.45, 2.75) is 13.1 Å². The second-order valence-electron chi connectivity index (χ2n) is 5.30. The van der Waals surface area contributed by atoms with Gasteiger partial charge in [-0.2, -0.15) is 13.2 Å². The van der Waals surface area contributed by atoms with Crippen molar-refractivity contribution in [2.75, 3.05) is 25.6 Å². The number of ether oxygens (including phenoxy) is 3. The van der Waals surface area contributed by atoms with E-state index < -0.39 is 18.7 Å². The molecule has 0 spiro atoms. The van der Waals surface area contributed by atoms with E-state index in [4.69, 9.17) is 25.8 Å². The fraction of sp³-hybridized carbons (Fsp3) is 0.278. The van der Waals surface area contributed by atoms with Crippen molar-refractivity contribution in [1.29, 1.82) is 0 Å². The van der Waals surface area contributed by atoms with Crippen LogP contribution in [-0.4, -0.2) is 32.4 Å². The lowest BCUT2D eigenvalue weighted by Crippen LogP contribution is -2.20. The van der Waals surface area contributed by atoms with Gasteiger partial charge in [0.05, 0.1) is 19.4 Å². The Morgan fingerprint density at radius 3 is 2.41 bits per heavy atom. The molecule has 27 heavy (non-hydrogen) atoms. The van der Waals surface area contributed by atoms with Crippen LogP contribution in [0.25, 0.3) is 0 Å². The summed E-state index contributed by atoms with van der Waals surface area (Å²) in [5, 5.41) is 2.73. The maximum absolute atomic E-state index is 12.5. The highest BCUT2D eigenvalue weighted by atomic mass is 35.5. The van der Waals surface area contributed by atoms with Crippen LogP contribution in [0.2, 0.25) is 5.02 Å². The first-order valence-electron chi connectivity index (χ1n) is 7.84. The van der Waals surface area contributed by atoms with Crippen LogP contribution < -0.4 is 19.5 Å². The number of methoxy groups -OCH3 is 1. The van der Waals surface area contributed by atoms with Crippen molar-refractivity contribution >= 4 is 23.2 Å². The van der Waals surface area contributed by atoms with E-state index in [0.717, 1.165) is 0 Å². The van der Waals surface area contributed by atoms with Crippen LogP contribution in [-0.2, 0) is 0 Å². The van der Waals surface area contributed by atoms with E-state index >= 15 is 0 Å². The Balaban J connectivity index is 2.24. The van der Waals surface area contributed by atoms with Crippen molar-refractivity contribution in [1.82, 2.24) is 0 Å². The number of alkyl halides is 3. The van der Waals surface area contributed by atoms with Gasteiger partial charge in [-0.3, -0.25) is 4.79 Å². The Morgan fingerprint density at radius 1 is 1.07 bits per heavy atom. The monoisotopic (exact) mass is 403 g/mol. The molecule has 0 fully saturated rings. The largest absolute Gasteiger partial charge is 0.493 e. The zero-order valence-corrected chi connectivity index (χ0v) is 15.3. The van der Waals surface area contributed by atoms with Crippen LogP contribution >= 0.6 is 11.6 Å². The Morgan fingerprint density at radius 2 is 1.78 bits per heavy atom. The minimum Gasteiger partial charge on any atom is -0.493 e. The zero-order valence-electron chi connectivity index (χ0n) is 14.5. The highest BCUT2D eigenvalue weighted by Crippen LogP contribution is 2.32. The third-order valence-corrected chi connectivity index (χ3v) is 3.54. The predicted octanol–water partition coefficient (Wildman–Crippen LogP) is 4.94. The van der Waals surface area contributed by atoms with Gasteiger partial charge in [0.25, 0.3) is 5.91 Å². The molecule has 1 amide bonds. The second kappa shape index (κ2) is 8.85. The standard InChI is InChI=1S/C18H17ClF3NO4/c1-3-26-16-8-11(4-6-15(16)25-2)17(24)23-13-9-12(19)5-7-14(13)27-10-18(20,21)22/h4-9H,3,10H2,1-2H3,(H,23,24). The molecule has 2 aromatic rings. The lowest BCUT2D eigenvalue weighted by Gasteiger charge is -2.15. The summed E-state index contributed by atoms with van der Waals surface area (Å²) in [6.45, 7) is 0.655. The molecule has 0 aliphatic rings. The molecule has 0 aliphatic heterocycles. The quantitative estimate of drug-likeness (QED) is 0.711. The van der Waals surface area contributed by atoms with Gasteiger partial charge < -0.3 is 19.5 Å². The first-order valence-corrected chi connectivity index (χ1v) is 8.22. The molecule has 0 radical (unpaired) electrons. The third kappa shape index (κ3) is 5.96. The van der Waals surface area contributed by atoms with Gasteiger partial charge >= 0.3 is 6.18 Å². The molecular weight excluding hydrogens is 387 g/mol. The van der Waals surface area contributed by atoms with Crippen LogP contribution in [0.1, 0.15) is 17.3 Å². The number of hydrogen-bond acceptors (Lipinski definition) is 4. The normalized spacial score (nSPS) is 11.0. The molecule has 9 heteroatoms. The summed E-state index contributed by atoms with van der Waals surface area (Å²) in [4.78, 5) is 12.5. The van der Waals surface area contributed by atoms with Crippen LogP contribution in [0.3, 0.4) is 0 Å². The lowest BCUT2D eigenvalue weighted by molar-refractivity contribution is -0.153. The molecule has 0 unspecified atom stereocenters. The Labute approximate surface area is 159 Å². The topological polar surface area (TPSA) is 56.8 Å². The number of benzene rings is 2. The van der Waals surface area contributed by atoms with E-state index in [1.54, 1.807) is 13.0 Å². The number of amides is 1.